The second-order valence-corrected chi connectivity index (χ2v) is 5.07. The molecule has 0 radical (unpaired) electrons. The molecule has 1 N–H and O–H groups in total. The Bertz CT molecular complexity index is 758. The zero-order chi connectivity index (χ0) is 16.8. The van der Waals surface area contributed by atoms with Gasteiger partial charge in [0.2, 0.25) is 5.91 Å². The summed E-state index contributed by atoms with van der Waals surface area (Å²) in [6.45, 7) is 2.02. The molecule has 6 nitrogen and oxygen atoms in total. The average Bonchev–Trinajstić information content (AvgIpc) is 2.51. The van der Waals surface area contributed by atoms with Crippen LogP contribution in [0.5, 0.6) is 11.5 Å². The lowest BCUT2D eigenvalue weighted by atomic mass is 10.3. The Morgan fingerprint density at radius 3 is 2.78 bits per heavy atom. The highest BCUT2D eigenvalue weighted by atomic mass is 35.5. The quantitative estimate of drug-likeness (QED) is 0.880. The van der Waals surface area contributed by atoms with E-state index < -0.39 is 0 Å². The van der Waals surface area contributed by atoms with Gasteiger partial charge in [0.25, 0.3) is 5.56 Å². The highest BCUT2D eigenvalue weighted by molar-refractivity contribution is 6.31. The van der Waals surface area contributed by atoms with Gasteiger partial charge in [0.15, 0.2) is 5.75 Å². The number of anilines is 1. The molecule has 2 aromatic rings. The monoisotopic (exact) mass is 336 g/mol. The summed E-state index contributed by atoms with van der Waals surface area (Å²) in [5.74, 6) is 0.322. The lowest BCUT2D eigenvalue weighted by molar-refractivity contribution is -0.116. The van der Waals surface area contributed by atoms with E-state index in [1.807, 2.05) is 0 Å². The summed E-state index contributed by atoms with van der Waals surface area (Å²) in [5.41, 5.74) is 0.0848. The van der Waals surface area contributed by atoms with Gasteiger partial charge in [-0.3, -0.25) is 9.59 Å². The molecule has 0 unspecified atom stereocenters. The van der Waals surface area contributed by atoms with E-state index in [1.54, 1.807) is 37.3 Å². The number of aromatic nitrogens is 1. The van der Waals surface area contributed by atoms with E-state index in [0.717, 1.165) is 0 Å². The molecule has 0 saturated carbocycles. The molecule has 0 fully saturated rings. The van der Waals surface area contributed by atoms with Crippen LogP contribution in [0, 0.1) is 0 Å². The van der Waals surface area contributed by atoms with Crippen molar-refractivity contribution in [3.63, 3.8) is 0 Å². The van der Waals surface area contributed by atoms with E-state index in [0.29, 0.717) is 23.1 Å². The lowest BCUT2D eigenvalue weighted by Gasteiger charge is -2.12. The van der Waals surface area contributed by atoms with Gasteiger partial charge in [-0.25, -0.2) is 0 Å². The zero-order valence-electron chi connectivity index (χ0n) is 12.8. The smallest absolute Gasteiger partial charge is 0.293 e. The lowest BCUT2D eigenvalue weighted by Crippen LogP contribution is -2.28. The number of amides is 1. The molecule has 23 heavy (non-hydrogen) atoms. The number of nitrogens with zero attached hydrogens (tertiary/aromatic N) is 1. The molecule has 0 aliphatic carbocycles. The fourth-order valence-corrected chi connectivity index (χ4v) is 2.20. The van der Waals surface area contributed by atoms with Crippen molar-refractivity contribution in [1.82, 2.24) is 4.57 Å². The molecule has 1 heterocycles. The van der Waals surface area contributed by atoms with Crippen molar-refractivity contribution in [2.45, 2.75) is 13.5 Å². The highest BCUT2D eigenvalue weighted by Gasteiger charge is 2.11. The number of carbonyl (C=O) groups excluding carboxylic acids is 1. The number of carbonyl (C=O) groups is 1. The summed E-state index contributed by atoms with van der Waals surface area (Å²) >= 11 is 5.92. The molecule has 1 aromatic heterocycles. The van der Waals surface area contributed by atoms with Crippen molar-refractivity contribution in [3.8, 4) is 11.5 Å². The SMILES string of the molecule is CCOc1cccn(CC(=O)Nc2cc(Cl)ccc2OC)c1=O. The Labute approximate surface area is 138 Å². The number of benzene rings is 1. The minimum Gasteiger partial charge on any atom is -0.495 e. The normalized spacial score (nSPS) is 10.2. The Kier molecular flexibility index (Phi) is 5.65. The van der Waals surface area contributed by atoms with Crippen LogP contribution in [0.25, 0.3) is 0 Å². The number of halogens is 1. The molecule has 7 heteroatoms. The van der Waals surface area contributed by atoms with Crippen LogP contribution in [0.1, 0.15) is 6.92 Å². The number of hydrogen-bond acceptors (Lipinski definition) is 4. The summed E-state index contributed by atoms with van der Waals surface area (Å²) < 4.78 is 11.7. The van der Waals surface area contributed by atoms with Crippen LogP contribution in [0.2, 0.25) is 5.02 Å². The third kappa shape index (κ3) is 4.26. The Balaban J connectivity index is 2.16. The zero-order valence-corrected chi connectivity index (χ0v) is 13.6. The van der Waals surface area contributed by atoms with Crippen LogP contribution in [0.15, 0.2) is 41.3 Å². The molecular formula is C16H17ClN2O4. The number of pyridine rings is 1. The molecule has 1 amide bonds. The first kappa shape index (κ1) is 16.9. The highest BCUT2D eigenvalue weighted by Crippen LogP contribution is 2.27. The molecule has 0 saturated heterocycles. The van der Waals surface area contributed by atoms with Crippen molar-refractivity contribution >= 4 is 23.2 Å². The van der Waals surface area contributed by atoms with E-state index in [2.05, 4.69) is 5.32 Å². The first-order valence-electron chi connectivity index (χ1n) is 7.00. The Morgan fingerprint density at radius 2 is 2.09 bits per heavy atom. The van der Waals surface area contributed by atoms with E-state index in [9.17, 15) is 9.59 Å². The summed E-state index contributed by atoms with van der Waals surface area (Å²) in [6, 6.07) is 8.11. The first-order valence-corrected chi connectivity index (χ1v) is 7.38. The number of rotatable bonds is 6. The van der Waals surface area contributed by atoms with Gasteiger partial charge in [-0.1, -0.05) is 11.6 Å². The maximum absolute atomic E-state index is 12.2. The Hall–Kier alpha value is -2.47. The van der Waals surface area contributed by atoms with Gasteiger partial charge in [0.05, 0.1) is 19.4 Å². The predicted molar refractivity (Wildman–Crippen MR) is 88.5 cm³/mol. The second kappa shape index (κ2) is 7.69. The van der Waals surface area contributed by atoms with Crippen LogP contribution in [-0.4, -0.2) is 24.2 Å². The largest absolute Gasteiger partial charge is 0.495 e. The van der Waals surface area contributed by atoms with Crippen molar-refractivity contribution < 1.29 is 14.3 Å². The van der Waals surface area contributed by atoms with Gasteiger partial charge < -0.3 is 19.4 Å². The molecule has 122 valence electrons. The first-order chi connectivity index (χ1) is 11.0. The van der Waals surface area contributed by atoms with E-state index in [4.69, 9.17) is 21.1 Å². The van der Waals surface area contributed by atoms with Gasteiger partial charge in [-0.2, -0.15) is 0 Å². The molecule has 0 aliphatic heterocycles. The summed E-state index contributed by atoms with van der Waals surface area (Å²) in [5, 5.41) is 3.15. The summed E-state index contributed by atoms with van der Waals surface area (Å²) in [6.07, 6.45) is 1.53. The maximum atomic E-state index is 12.2. The number of hydrogen-bond donors (Lipinski definition) is 1. The number of nitrogens with one attached hydrogen (secondary N) is 1. The minimum absolute atomic E-state index is 0.143. The molecule has 0 bridgehead atoms. The maximum Gasteiger partial charge on any atom is 0.293 e. The van der Waals surface area contributed by atoms with Gasteiger partial charge >= 0.3 is 0 Å². The molecular weight excluding hydrogens is 320 g/mol. The molecule has 0 spiro atoms. The van der Waals surface area contributed by atoms with E-state index in [-0.39, 0.29) is 23.8 Å². The molecule has 0 atom stereocenters. The van der Waals surface area contributed by atoms with Crippen molar-refractivity contribution in [3.05, 3.63) is 51.9 Å². The van der Waals surface area contributed by atoms with Crippen LogP contribution in [-0.2, 0) is 11.3 Å². The standard InChI is InChI=1S/C16H17ClN2O4/c1-3-23-14-5-4-8-19(16(14)21)10-15(20)18-12-9-11(17)6-7-13(12)22-2/h4-9H,3,10H2,1-2H3,(H,18,20). The topological polar surface area (TPSA) is 69.6 Å². The van der Waals surface area contributed by atoms with E-state index >= 15 is 0 Å². The van der Waals surface area contributed by atoms with E-state index in [1.165, 1.54) is 17.9 Å². The van der Waals surface area contributed by atoms with Gasteiger partial charge in [-0.05, 0) is 37.3 Å². The molecule has 2 rings (SSSR count). The third-order valence-electron chi connectivity index (χ3n) is 3.03. The fraction of sp³-hybridized carbons (Fsp3) is 0.250. The van der Waals surface area contributed by atoms with Gasteiger partial charge in [0, 0.05) is 11.2 Å². The minimum atomic E-state index is -0.374. The van der Waals surface area contributed by atoms with Crippen LogP contribution < -0.4 is 20.3 Å². The van der Waals surface area contributed by atoms with Gasteiger partial charge in [-0.15, -0.1) is 0 Å². The van der Waals surface area contributed by atoms with Gasteiger partial charge in [0.1, 0.15) is 12.3 Å². The number of methoxy groups -OCH3 is 1. The van der Waals surface area contributed by atoms with Crippen molar-refractivity contribution in [1.29, 1.82) is 0 Å². The predicted octanol–water partition coefficient (Wildman–Crippen LogP) is 2.55. The van der Waals surface area contributed by atoms with Crippen LogP contribution in [0.4, 0.5) is 5.69 Å². The molecule has 1 aromatic carbocycles. The summed E-state index contributed by atoms with van der Waals surface area (Å²) in [7, 11) is 1.49. The van der Waals surface area contributed by atoms with Crippen LogP contribution >= 0.6 is 11.6 Å². The van der Waals surface area contributed by atoms with Crippen molar-refractivity contribution in [2.24, 2.45) is 0 Å². The average molecular weight is 337 g/mol. The fourth-order valence-electron chi connectivity index (χ4n) is 2.03. The second-order valence-electron chi connectivity index (χ2n) is 4.63. The summed E-state index contributed by atoms with van der Waals surface area (Å²) in [4.78, 5) is 24.3. The Morgan fingerprint density at radius 1 is 1.30 bits per heavy atom. The molecule has 0 aliphatic rings. The van der Waals surface area contributed by atoms with Crippen molar-refractivity contribution in [2.75, 3.05) is 19.0 Å². The van der Waals surface area contributed by atoms with Crippen LogP contribution in [0.3, 0.4) is 0 Å². The third-order valence-corrected chi connectivity index (χ3v) is 3.27. The number of ether oxygens (including phenoxy) is 2.